The molecule has 0 atom stereocenters. The van der Waals surface area contributed by atoms with Crippen molar-refractivity contribution in [3.05, 3.63) is 54.0 Å². The zero-order valence-electron chi connectivity index (χ0n) is 17.7. The van der Waals surface area contributed by atoms with Gasteiger partial charge in [-0.3, -0.25) is 0 Å². The van der Waals surface area contributed by atoms with Crippen LogP contribution in [0.1, 0.15) is 25.3 Å². The molecular weight excluding hydrogens is 379 g/mol. The number of nitrogens with zero attached hydrogens (tertiary/aromatic N) is 5. The number of hydrogen-bond donors (Lipinski definition) is 1. The number of guanidine groups is 1. The molecule has 2 fully saturated rings. The maximum Gasteiger partial charge on any atom is 0.194 e. The quantitative estimate of drug-likeness (QED) is 0.606. The molecule has 0 amide bonds. The van der Waals surface area contributed by atoms with E-state index in [0.717, 1.165) is 63.3 Å². The number of halogens is 1. The summed E-state index contributed by atoms with van der Waals surface area (Å²) < 4.78 is 13.2. The summed E-state index contributed by atoms with van der Waals surface area (Å²) in [5, 5.41) is 3.42. The third kappa shape index (κ3) is 5.01. The minimum Gasteiger partial charge on any atom is -0.368 e. The molecule has 160 valence electrons. The lowest BCUT2D eigenvalue weighted by atomic mass is 10.2. The number of aliphatic imine (C=N–C) groups is 1. The van der Waals surface area contributed by atoms with Crippen molar-refractivity contribution < 1.29 is 4.39 Å². The molecule has 2 aliphatic rings. The number of rotatable bonds is 5. The standard InChI is InChI=1S/C23H31FN6/c1-2-25-23(30-11-3-4-12-30)27-18-19-9-10-26-22(17-19)29-15-13-28(14-16-29)21-7-5-20(24)6-8-21/h5-10,17H,2-4,11-16,18H2,1H3,(H,25,27). The lowest BCUT2D eigenvalue weighted by Gasteiger charge is -2.36. The van der Waals surface area contributed by atoms with Crippen LogP contribution in [0.4, 0.5) is 15.9 Å². The minimum absolute atomic E-state index is 0.192. The molecule has 30 heavy (non-hydrogen) atoms. The Kier molecular flexibility index (Phi) is 6.67. The average Bonchev–Trinajstić information content (AvgIpc) is 3.32. The van der Waals surface area contributed by atoms with E-state index in [1.807, 2.05) is 18.3 Å². The van der Waals surface area contributed by atoms with Crippen LogP contribution in [0.5, 0.6) is 0 Å². The van der Waals surface area contributed by atoms with Gasteiger partial charge < -0.3 is 20.0 Å². The molecule has 1 N–H and O–H groups in total. The van der Waals surface area contributed by atoms with E-state index in [2.05, 4.69) is 44.1 Å². The number of nitrogens with one attached hydrogen (secondary N) is 1. The number of pyridine rings is 1. The van der Waals surface area contributed by atoms with Gasteiger partial charge in [-0.2, -0.15) is 0 Å². The van der Waals surface area contributed by atoms with Gasteiger partial charge in [-0.1, -0.05) is 0 Å². The van der Waals surface area contributed by atoms with Crippen LogP contribution >= 0.6 is 0 Å². The Hall–Kier alpha value is -2.83. The maximum absolute atomic E-state index is 13.2. The van der Waals surface area contributed by atoms with Crippen LogP contribution in [0.3, 0.4) is 0 Å². The Morgan fingerprint density at radius 2 is 1.70 bits per heavy atom. The Balaban J connectivity index is 1.37. The van der Waals surface area contributed by atoms with Crippen molar-refractivity contribution >= 4 is 17.5 Å². The first kappa shape index (κ1) is 20.4. The first-order chi connectivity index (χ1) is 14.7. The highest BCUT2D eigenvalue weighted by molar-refractivity contribution is 5.80. The molecule has 0 spiro atoms. The Morgan fingerprint density at radius 1 is 1.00 bits per heavy atom. The molecule has 2 aromatic rings. The zero-order valence-corrected chi connectivity index (χ0v) is 17.7. The summed E-state index contributed by atoms with van der Waals surface area (Å²) in [5.74, 6) is 1.83. The molecule has 7 heteroatoms. The van der Waals surface area contributed by atoms with Gasteiger partial charge in [0.25, 0.3) is 0 Å². The summed E-state index contributed by atoms with van der Waals surface area (Å²) in [6.45, 7) is 9.42. The van der Waals surface area contributed by atoms with E-state index in [4.69, 9.17) is 4.99 Å². The van der Waals surface area contributed by atoms with E-state index in [1.54, 1.807) is 0 Å². The first-order valence-electron chi connectivity index (χ1n) is 11.0. The minimum atomic E-state index is -0.192. The number of likely N-dealkylation sites (tertiary alicyclic amines) is 1. The van der Waals surface area contributed by atoms with Crippen LogP contribution in [-0.2, 0) is 6.54 Å². The Morgan fingerprint density at radius 3 is 2.40 bits per heavy atom. The number of anilines is 2. The number of benzene rings is 1. The van der Waals surface area contributed by atoms with Gasteiger partial charge in [-0.25, -0.2) is 14.4 Å². The van der Waals surface area contributed by atoms with Gasteiger partial charge in [0, 0.05) is 57.7 Å². The number of aromatic nitrogens is 1. The third-order valence-electron chi connectivity index (χ3n) is 5.76. The van der Waals surface area contributed by atoms with E-state index < -0.39 is 0 Å². The average molecular weight is 411 g/mol. The second kappa shape index (κ2) is 9.78. The molecule has 1 aromatic carbocycles. The van der Waals surface area contributed by atoms with Crippen molar-refractivity contribution in [3.63, 3.8) is 0 Å². The summed E-state index contributed by atoms with van der Waals surface area (Å²) in [6, 6.07) is 11.0. The van der Waals surface area contributed by atoms with Crippen LogP contribution in [0.25, 0.3) is 0 Å². The zero-order chi connectivity index (χ0) is 20.8. The SMILES string of the molecule is CCNC(=NCc1ccnc(N2CCN(c3ccc(F)cc3)CC2)c1)N1CCCC1. The fourth-order valence-corrected chi connectivity index (χ4v) is 4.10. The molecule has 1 aromatic heterocycles. The molecule has 0 saturated carbocycles. The molecular formula is C23H31FN6. The topological polar surface area (TPSA) is 47.0 Å². The van der Waals surface area contributed by atoms with E-state index in [9.17, 15) is 4.39 Å². The van der Waals surface area contributed by atoms with Crippen LogP contribution in [0.15, 0.2) is 47.6 Å². The molecule has 2 aliphatic heterocycles. The van der Waals surface area contributed by atoms with Crippen molar-refractivity contribution in [2.24, 2.45) is 4.99 Å². The van der Waals surface area contributed by atoms with Gasteiger partial charge in [0.1, 0.15) is 11.6 Å². The molecule has 0 radical (unpaired) electrons. The van der Waals surface area contributed by atoms with Gasteiger partial charge in [0.2, 0.25) is 0 Å². The fourth-order valence-electron chi connectivity index (χ4n) is 4.10. The van der Waals surface area contributed by atoms with Crippen molar-refractivity contribution in [1.29, 1.82) is 0 Å². The van der Waals surface area contributed by atoms with Gasteiger partial charge in [0.15, 0.2) is 5.96 Å². The van der Waals surface area contributed by atoms with E-state index in [0.29, 0.717) is 6.54 Å². The molecule has 3 heterocycles. The highest BCUT2D eigenvalue weighted by Crippen LogP contribution is 2.20. The Bertz CT molecular complexity index is 839. The summed E-state index contributed by atoms with van der Waals surface area (Å²) in [5.41, 5.74) is 2.25. The predicted octanol–water partition coefficient (Wildman–Crippen LogP) is 3.11. The van der Waals surface area contributed by atoms with E-state index in [1.165, 1.54) is 30.5 Å². The van der Waals surface area contributed by atoms with Crippen LogP contribution in [0.2, 0.25) is 0 Å². The fraction of sp³-hybridized carbons (Fsp3) is 0.478. The van der Waals surface area contributed by atoms with Crippen LogP contribution in [0, 0.1) is 5.82 Å². The smallest absolute Gasteiger partial charge is 0.194 e. The van der Waals surface area contributed by atoms with E-state index >= 15 is 0 Å². The van der Waals surface area contributed by atoms with Crippen molar-refractivity contribution in [1.82, 2.24) is 15.2 Å². The monoisotopic (exact) mass is 410 g/mol. The second-order valence-electron chi connectivity index (χ2n) is 7.84. The lowest BCUT2D eigenvalue weighted by molar-refractivity contribution is 0.493. The molecule has 0 aliphatic carbocycles. The first-order valence-corrected chi connectivity index (χ1v) is 11.0. The highest BCUT2D eigenvalue weighted by Gasteiger charge is 2.19. The third-order valence-corrected chi connectivity index (χ3v) is 5.76. The van der Waals surface area contributed by atoms with Gasteiger partial charge in [0.05, 0.1) is 6.54 Å². The summed E-state index contributed by atoms with van der Waals surface area (Å²) in [6.07, 6.45) is 4.37. The molecule has 0 bridgehead atoms. The van der Waals surface area contributed by atoms with E-state index in [-0.39, 0.29) is 5.82 Å². The largest absolute Gasteiger partial charge is 0.368 e. The van der Waals surface area contributed by atoms with Crippen molar-refractivity contribution in [3.8, 4) is 0 Å². The normalized spacial score (nSPS) is 17.5. The number of piperazine rings is 1. The van der Waals surface area contributed by atoms with Crippen molar-refractivity contribution in [2.45, 2.75) is 26.3 Å². The van der Waals surface area contributed by atoms with Gasteiger partial charge >= 0.3 is 0 Å². The van der Waals surface area contributed by atoms with Crippen LogP contribution in [-0.4, -0.2) is 61.7 Å². The molecule has 4 rings (SSSR count). The second-order valence-corrected chi connectivity index (χ2v) is 7.84. The lowest BCUT2D eigenvalue weighted by Crippen LogP contribution is -2.46. The van der Waals surface area contributed by atoms with Crippen LogP contribution < -0.4 is 15.1 Å². The summed E-state index contributed by atoms with van der Waals surface area (Å²) in [7, 11) is 0. The molecule has 0 unspecified atom stereocenters. The summed E-state index contributed by atoms with van der Waals surface area (Å²) >= 11 is 0. The van der Waals surface area contributed by atoms with Crippen molar-refractivity contribution in [2.75, 3.05) is 55.6 Å². The summed E-state index contributed by atoms with van der Waals surface area (Å²) in [4.78, 5) is 16.4. The van der Waals surface area contributed by atoms with Gasteiger partial charge in [-0.15, -0.1) is 0 Å². The Labute approximate surface area is 178 Å². The molecule has 6 nitrogen and oxygen atoms in total. The maximum atomic E-state index is 13.2. The van der Waals surface area contributed by atoms with Gasteiger partial charge in [-0.05, 0) is 61.7 Å². The number of hydrogen-bond acceptors (Lipinski definition) is 4. The molecule has 2 saturated heterocycles. The highest BCUT2D eigenvalue weighted by atomic mass is 19.1. The predicted molar refractivity (Wildman–Crippen MR) is 121 cm³/mol.